The predicted octanol–water partition coefficient (Wildman–Crippen LogP) is 4.23. The zero-order valence-electron chi connectivity index (χ0n) is 10.9. The van der Waals surface area contributed by atoms with Crippen LogP contribution in [0.25, 0.3) is 0 Å². The molecule has 102 valence electrons. The first-order chi connectivity index (χ1) is 9.58. The van der Waals surface area contributed by atoms with Gasteiger partial charge in [-0.2, -0.15) is 8.78 Å². The number of ketones is 1. The highest BCUT2D eigenvalue weighted by Crippen LogP contribution is 2.41. The number of hydrogen-bond donors (Lipinski definition) is 0. The Hall–Kier alpha value is -2.03. The Morgan fingerprint density at radius 3 is 2.40 bits per heavy atom. The van der Waals surface area contributed by atoms with Gasteiger partial charge in [-0.1, -0.05) is 54.6 Å². The molecule has 0 aromatic heterocycles. The Kier molecular flexibility index (Phi) is 3.13. The molecule has 20 heavy (non-hydrogen) atoms. The van der Waals surface area contributed by atoms with E-state index in [1.165, 1.54) is 6.07 Å². The summed E-state index contributed by atoms with van der Waals surface area (Å²) in [4.78, 5) is 11.8. The first-order valence-corrected chi connectivity index (χ1v) is 6.63. The fraction of sp³-hybridized carbons (Fsp3) is 0.235. The zero-order valence-corrected chi connectivity index (χ0v) is 10.9. The molecule has 0 heterocycles. The molecule has 0 aliphatic heterocycles. The maximum absolute atomic E-state index is 13.9. The molecular weight excluding hydrogens is 258 g/mol. The number of carbonyl (C=O) groups is 1. The van der Waals surface area contributed by atoms with Crippen molar-refractivity contribution in [2.24, 2.45) is 0 Å². The highest BCUT2D eigenvalue weighted by Gasteiger charge is 2.47. The van der Waals surface area contributed by atoms with Crippen LogP contribution in [0.1, 0.15) is 33.8 Å². The van der Waals surface area contributed by atoms with Gasteiger partial charge in [0.15, 0.2) is 0 Å². The quantitative estimate of drug-likeness (QED) is 0.799. The van der Waals surface area contributed by atoms with Crippen LogP contribution in [0.2, 0.25) is 0 Å². The third-order valence-corrected chi connectivity index (χ3v) is 3.81. The summed E-state index contributed by atoms with van der Waals surface area (Å²) in [5, 5.41) is 0. The van der Waals surface area contributed by atoms with Gasteiger partial charge < -0.3 is 0 Å². The molecule has 0 fully saturated rings. The van der Waals surface area contributed by atoms with E-state index in [4.69, 9.17) is 0 Å². The second kappa shape index (κ2) is 4.82. The molecule has 1 atom stereocenters. The van der Waals surface area contributed by atoms with E-state index in [0.29, 0.717) is 6.42 Å². The van der Waals surface area contributed by atoms with Crippen LogP contribution in [0.5, 0.6) is 0 Å². The molecule has 2 aromatic rings. The van der Waals surface area contributed by atoms with Crippen LogP contribution in [0.15, 0.2) is 54.6 Å². The summed E-state index contributed by atoms with van der Waals surface area (Å²) in [5.74, 6) is -4.62. The Morgan fingerprint density at radius 1 is 1.00 bits per heavy atom. The van der Waals surface area contributed by atoms with Crippen LogP contribution in [-0.4, -0.2) is 11.7 Å². The maximum Gasteiger partial charge on any atom is 0.310 e. The van der Waals surface area contributed by atoms with Crippen molar-refractivity contribution in [2.45, 2.75) is 24.7 Å². The molecule has 0 saturated carbocycles. The summed E-state index contributed by atoms with van der Waals surface area (Å²) in [6.07, 6.45) is 0.123. The van der Waals surface area contributed by atoms with E-state index < -0.39 is 18.1 Å². The van der Waals surface area contributed by atoms with Gasteiger partial charge in [-0.05, 0) is 23.5 Å². The standard InChI is InChI=1S/C17H14F2O/c18-17(19)11-13(10-12-6-2-1-3-7-12)14-8-4-5-9-15(14)16(17)20/h1-9,13H,10-11H2. The minimum absolute atomic E-state index is 0.171. The average Bonchev–Trinajstić information content (AvgIpc) is 2.45. The fourth-order valence-electron chi connectivity index (χ4n) is 2.85. The smallest absolute Gasteiger partial charge is 0.287 e. The summed E-state index contributed by atoms with van der Waals surface area (Å²) < 4.78 is 27.8. The summed E-state index contributed by atoms with van der Waals surface area (Å²) >= 11 is 0. The van der Waals surface area contributed by atoms with Gasteiger partial charge in [0.25, 0.3) is 0 Å². The SMILES string of the molecule is O=C1c2ccccc2C(Cc2ccccc2)CC1(F)F. The van der Waals surface area contributed by atoms with E-state index >= 15 is 0 Å². The van der Waals surface area contributed by atoms with Gasteiger partial charge in [-0.3, -0.25) is 4.79 Å². The van der Waals surface area contributed by atoms with Gasteiger partial charge in [0.05, 0.1) is 0 Å². The van der Waals surface area contributed by atoms with Crippen molar-refractivity contribution in [3.63, 3.8) is 0 Å². The van der Waals surface area contributed by atoms with E-state index in [1.54, 1.807) is 18.2 Å². The van der Waals surface area contributed by atoms with Crippen molar-refractivity contribution >= 4 is 5.78 Å². The third kappa shape index (κ3) is 2.24. The molecule has 0 bridgehead atoms. The normalized spacial score (nSPS) is 20.5. The van der Waals surface area contributed by atoms with E-state index in [0.717, 1.165) is 11.1 Å². The average molecular weight is 272 g/mol. The number of carbonyl (C=O) groups excluding carboxylic acids is 1. The van der Waals surface area contributed by atoms with Crippen molar-refractivity contribution in [3.8, 4) is 0 Å². The molecule has 3 rings (SSSR count). The summed E-state index contributed by atoms with van der Waals surface area (Å²) in [6.45, 7) is 0. The van der Waals surface area contributed by atoms with Crippen molar-refractivity contribution in [1.82, 2.24) is 0 Å². The molecule has 0 saturated heterocycles. The molecule has 0 N–H and O–H groups in total. The van der Waals surface area contributed by atoms with Crippen LogP contribution in [0, 0.1) is 0 Å². The summed E-state index contributed by atoms with van der Waals surface area (Å²) in [5.41, 5.74) is 1.93. The van der Waals surface area contributed by atoms with Crippen molar-refractivity contribution in [2.75, 3.05) is 0 Å². The molecule has 1 unspecified atom stereocenters. The Morgan fingerprint density at radius 2 is 1.65 bits per heavy atom. The monoisotopic (exact) mass is 272 g/mol. The van der Waals surface area contributed by atoms with E-state index in [2.05, 4.69) is 0 Å². The van der Waals surface area contributed by atoms with Crippen LogP contribution in [0.3, 0.4) is 0 Å². The minimum atomic E-state index is -3.26. The highest BCUT2D eigenvalue weighted by atomic mass is 19.3. The van der Waals surface area contributed by atoms with Gasteiger partial charge in [0.2, 0.25) is 5.78 Å². The Balaban J connectivity index is 1.99. The van der Waals surface area contributed by atoms with Gasteiger partial charge >= 0.3 is 5.92 Å². The fourth-order valence-corrected chi connectivity index (χ4v) is 2.85. The topological polar surface area (TPSA) is 17.1 Å². The van der Waals surface area contributed by atoms with Crippen molar-refractivity contribution < 1.29 is 13.6 Å². The van der Waals surface area contributed by atoms with Crippen LogP contribution in [0.4, 0.5) is 8.78 Å². The molecule has 0 spiro atoms. The number of rotatable bonds is 2. The number of hydrogen-bond acceptors (Lipinski definition) is 1. The Bertz CT molecular complexity index is 634. The number of alkyl halides is 2. The lowest BCUT2D eigenvalue weighted by Gasteiger charge is -2.30. The van der Waals surface area contributed by atoms with E-state index in [-0.39, 0.29) is 11.5 Å². The second-order valence-corrected chi connectivity index (χ2v) is 5.21. The number of Topliss-reactive ketones (excluding diaryl/α,β-unsaturated/α-hetero) is 1. The van der Waals surface area contributed by atoms with Crippen LogP contribution >= 0.6 is 0 Å². The number of fused-ring (bicyclic) bond motifs is 1. The largest absolute Gasteiger partial charge is 0.310 e. The predicted molar refractivity (Wildman–Crippen MR) is 73.2 cm³/mol. The first kappa shape index (κ1) is 13.0. The molecular formula is C17H14F2O. The van der Waals surface area contributed by atoms with Gasteiger partial charge in [-0.15, -0.1) is 0 Å². The van der Waals surface area contributed by atoms with E-state index in [1.807, 2.05) is 30.3 Å². The number of halogens is 2. The van der Waals surface area contributed by atoms with E-state index in [9.17, 15) is 13.6 Å². The first-order valence-electron chi connectivity index (χ1n) is 6.63. The second-order valence-electron chi connectivity index (χ2n) is 5.21. The summed E-state index contributed by atoms with van der Waals surface area (Å²) in [6, 6.07) is 16.3. The van der Waals surface area contributed by atoms with Gasteiger partial charge in [0, 0.05) is 12.0 Å². The lowest BCUT2D eigenvalue weighted by Crippen LogP contribution is -2.36. The Labute approximate surface area is 116 Å². The third-order valence-electron chi connectivity index (χ3n) is 3.81. The lowest BCUT2D eigenvalue weighted by atomic mass is 9.77. The molecule has 3 heteroatoms. The molecule has 1 aliphatic carbocycles. The molecule has 1 nitrogen and oxygen atoms in total. The number of benzene rings is 2. The maximum atomic E-state index is 13.9. The highest BCUT2D eigenvalue weighted by molar-refractivity contribution is 6.03. The van der Waals surface area contributed by atoms with Crippen LogP contribution < -0.4 is 0 Å². The molecule has 1 aliphatic rings. The lowest BCUT2D eigenvalue weighted by molar-refractivity contribution is -0.00352. The minimum Gasteiger partial charge on any atom is -0.287 e. The van der Waals surface area contributed by atoms with Gasteiger partial charge in [0.1, 0.15) is 0 Å². The summed E-state index contributed by atoms with van der Waals surface area (Å²) in [7, 11) is 0. The molecule has 0 amide bonds. The molecule has 2 aromatic carbocycles. The van der Waals surface area contributed by atoms with Gasteiger partial charge in [-0.25, -0.2) is 0 Å². The molecule has 0 radical (unpaired) electrons. The van der Waals surface area contributed by atoms with Crippen LogP contribution in [-0.2, 0) is 6.42 Å². The van der Waals surface area contributed by atoms with Crippen molar-refractivity contribution in [3.05, 3.63) is 71.3 Å². The zero-order chi connectivity index (χ0) is 14.2. The van der Waals surface area contributed by atoms with Crippen molar-refractivity contribution in [1.29, 1.82) is 0 Å².